The molecule has 1 aromatic carbocycles. The largest absolute Gasteiger partial charge is 0.472 e. The highest BCUT2D eigenvalue weighted by Gasteiger charge is 2.14. The second kappa shape index (κ2) is 5.45. The highest BCUT2D eigenvalue weighted by atomic mass is 32.1. The summed E-state index contributed by atoms with van der Waals surface area (Å²) in [5, 5.41) is 8.65. The summed E-state index contributed by atoms with van der Waals surface area (Å²) in [5.41, 5.74) is 0.956. The maximum atomic E-state index is 9.10. The molecule has 4 nitrogen and oxygen atoms in total. The molecule has 1 unspecified atom stereocenters. The van der Waals surface area contributed by atoms with Gasteiger partial charge in [-0.2, -0.15) is 0 Å². The van der Waals surface area contributed by atoms with E-state index < -0.39 is 5.24 Å². The average molecular weight is 248 g/mol. The fourth-order valence-electron chi connectivity index (χ4n) is 1.59. The predicted octanol–water partition coefficient (Wildman–Crippen LogP) is 2.48. The van der Waals surface area contributed by atoms with Crippen LogP contribution in [0, 0.1) is 0 Å². The third-order valence-electron chi connectivity index (χ3n) is 2.35. The molecular weight excluding hydrogens is 236 g/mol. The summed E-state index contributed by atoms with van der Waals surface area (Å²) in [6.45, 7) is 0.546. The van der Waals surface area contributed by atoms with Gasteiger partial charge in [-0.1, -0.05) is 30.3 Å². The van der Waals surface area contributed by atoms with Crippen molar-refractivity contribution >= 4 is 17.5 Å². The molecule has 0 spiro atoms. The molecule has 17 heavy (non-hydrogen) atoms. The van der Waals surface area contributed by atoms with Gasteiger partial charge in [0, 0.05) is 24.6 Å². The number of thiocarbonyl (C=S) groups is 1. The lowest BCUT2D eigenvalue weighted by molar-refractivity contribution is 0.135. The minimum atomic E-state index is -0.445. The number of nitrogens with zero attached hydrogens (tertiary/aromatic N) is 2. The number of aliphatic hydroxyl groups excluding tert-OH is 1. The van der Waals surface area contributed by atoms with Crippen LogP contribution in [0.1, 0.15) is 11.7 Å². The Bertz CT molecular complexity index is 471. The van der Waals surface area contributed by atoms with E-state index in [1.54, 1.807) is 12.5 Å². The van der Waals surface area contributed by atoms with Crippen molar-refractivity contribution in [1.82, 2.24) is 9.55 Å². The van der Waals surface area contributed by atoms with Crippen LogP contribution in [0.15, 0.2) is 49.1 Å². The molecule has 0 fully saturated rings. The van der Waals surface area contributed by atoms with E-state index in [1.807, 2.05) is 41.1 Å². The molecule has 5 heteroatoms. The molecule has 0 saturated heterocycles. The topological polar surface area (TPSA) is 47.3 Å². The Balaban J connectivity index is 2.16. The van der Waals surface area contributed by atoms with Gasteiger partial charge in [0.2, 0.25) is 0 Å². The summed E-state index contributed by atoms with van der Waals surface area (Å²) in [6.07, 6.45) is 4.90. The molecular formula is C12H12N2O2S. The van der Waals surface area contributed by atoms with Crippen LogP contribution < -0.4 is 0 Å². The molecule has 1 N–H and O–H groups in total. The van der Waals surface area contributed by atoms with E-state index in [0.29, 0.717) is 6.54 Å². The van der Waals surface area contributed by atoms with Crippen molar-refractivity contribution in [2.75, 3.05) is 0 Å². The van der Waals surface area contributed by atoms with Gasteiger partial charge < -0.3 is 14.4 Å². The Labute approximate surface area is 104 Å². The maximum Gasteiger partial charge on any atom is 0.350 e. The number of aromatic nitrogens is 2. The van der Waals surface area contributed by atoms with Crippen molar-refractivity contribution < 1.29 is 9.84 Å². The number of rotatable bonds is 4. The molecule has 1 aromatic heterocycles. The zero-order valence-electron chi connectivity index (χ0n) is 9.06. The Morgan fingerprint density at radius 3 is 2.76 bits per heavy atom. The number of aliphatic hydroxyl groups is 1. The van der Waals surface area contributed by atoms with Crippen molar-refractivity contribution in [3.05, 3.63) is 54.6 Å². The lowest BCUT2D eigenvalue weighted by atomic mass is 10.1. The number of imidazole rings is 1. The molecule has 2 rings (SSSR count). The van der Waals surface area contributed by atoms with E-state index in [1.165, 1.54) is 0 Å². The standard InChI is InChI=1S/C12H12N2O2S/c15-12(17)16-11(8-14-7-6-13-9-14)10-4-2-1-3-5-10/h1-7,9,11H,8H2,(H,15,17). The second-order valence-electron chi connectivity index (χ2n) is 3.54. The SMILES string of the molecule is OC(=S)OC(Cn1ccnc1)c1ccccc1. The summed E-state index contributed by atoms with van der Waals surface area (Å²) in [5.74, 6) is 0. The van der Waals surface area contributed by atoms with Crippen molar-refractivity contribution in [2.24, 2.45) is 0 Å². The number of hydrogen-bond acceptors (Lipinski definition) is 3. The third-order valence-corrected chi connectivity index (χ3v) is 2.45. The Hall–Kier alpha value is -1.88. The molecule has 0 amide bonds. The minimum Gasteiger partial charge on any atom is -0.472 e. The number of ether oxygens (including phenoxy) is 1. The Kier molecular flexibility index (Phi) is 3.72. The monoisotopic (exact) mass is 248 g/mol. The summed E-state index contributed by atoms with van der Waals surface area (Å²) < 4.78 is 7.12. The summed E-state index contributed by atoms with van der Waals surface area (Å²) in [7, 11) is 0. The van der Waals surface area contributed by atoms with Gasteiger partial charge in [-0.3, -0.25) is 0 Å². The molecule has 1 atom stereocenters. The fourth-order valence-corrected chi connectivity index (χ4v) is 1.70. The molecule has 0 saturated carbocycles. The van der Waals surface area contributed by atoms with E-state index >= 15 is 0 Å². The fraction of sp³-hybridized carbons (Fsp3) is 0.167. The zero-order valence-corrected chi connectivity index (χ0v) is 9.88. The average Bonchev–Trinajstić information content (AvgIpc) is 2.82. The molecule has 0 aliphatic heterocycles. The normalized spacial score (nSPS) is 12.0. The lowest BCUT2D eigenvalue weighted by Crippen LogP contribution is -2.14. The van der Waals surface area contributed by atoms with Gasteiger partial charge in [-0.05, 0) is 5.56 Å². The smallest absolute Gasteiger partial charge is 0.350 e. The van der Waals surface area contributed by atoms with Crippen LogP contribution in [0.2, 0.25) is 0 Å². The van der Waals surface area contributed by atoms with E-state index in [-0.39, 0.29) is 6.10 Å². The second-order valence-corrected chi connectivity index (χ2v) is 3.89. The molecule has 0 aliphatic rings. The number of benzene rings is 1. The Morgan fingerprint density at radius 1 is 1.41 bits per heavy atom. The van der Waals surface area contributed by atoms with Crippen LogP contribution in [0.5, 0.6) is 0 Å². The Morgan fingerprint density at radius 2 is 2.18 bits per heavy atom. The van der Waals surface area contributed by atoms with Gasteiger partial charge in [0.15, 0.2) is 0 Å². The molecule has 88 valence electrons. The predicted molar refractivity (Wildman–Crippen MR) is 67.7 cm³/mol. The number of hydrogen-bond donors (Lipinski definition) is 1. The highest BCUT2D eigenvalue weighted by molar-refractivity contribution is 7.79. The molecule has 2 aromatic rings. The summed E-state index contributed by atoms with van der Waals surface area (Å²) >= 11 is 4.58. The van der Waals surface area contributed by atoms with Crippen LogP contribution in [0.4, 0.5) is 0 Å². The lowest BCUT2D eigenvalue weighted by Gasteiger charge is -2.17. The minimum absolute atomic E-state index is 0.317. The van der Waals surface area contributed by atoms with Crippen molar-refractivity contribution in [3.8, 4) is 0 Å². The first-order chi connectivity index (χ1) is 8.25. The maximum absolute atomic E-state index is 9.10. The van der Waals surface area contributed by atoms with E-state index in [9.17, 15) is 0 Å². The summed E-state index contributed by atoms with van der Waals surface area (Å²) in [6, 6.07) is 9.62. The van der Waals surface area contributed by atoms with E-state index in [2.05, 4.69) is 17.2 Å². The van der Waals surface area contributed by atoms with Gasteiger partial charge in [-0.15, -0.1) is 0 Å². The van der Waals surface area contributed by atoms with Crippen molar-refractivity contribution in [2.45, 2.75) is 12.6 Å². The first kappa shape index (κ1) is 11.6. The molecule has 0 aliphatic carbocycles. The quantitative estimate of drug-likeness (QED) is 0.844. The van der Waals surface area contributed by atoms with Crippen LogP contribution in [0.3, 0.4) is 0 Å². The highest BCUT2D eigenvalue weighted by Crippen LogP contribution is 2.19. The summed E-state index contributed by atoms with van der Waals surface area (Å²) in [4.78, 5) is 3.96. The zero-order chi connectivity index (χ0) is 12.1. The van der Waals surface area contributed by atoms with Gasteiger partial charge in [0.05, 0.1) is 12.9 Å². The van der Waals surface area contributed by atoms with Crippen molar-refractivity contribution in [1.29, 1.82) is 0 Å². The van der Waals surface area contributed by atoms with Crippen LogP contribution in [-0.2, 0) is 11.3 Å². The van der Waals surface area contributed by atoms with Crippen LogP contribution in [0.25, 0.3) is 0 Å². The van der Waals surface area contributed by atoms with Gasteiger partial charge >= 0.3 is 5.24 Å². The van der Waals surface area contributed by atoms with E-state index in [4.69, 9.17) is 9.84 Å². The van der Waals surface area contributed by atoms with Crippen LogP contribution >= 0.6 is 12.2 Å². The first-order valence-electron chi connectivity index (χ1n) is 5.16. The van der Waals surface area contributed by atoms with Gasteiger partial charge in [-0.25, -0.2) is 4.98 Å². The third kappa shape index (κ3) is 3.29. The van der Waals surface area contributed by atoms with Crippen molar-refractivity contribution in [3.63, 3.8) is 0 Å². The van der Waals surface area contributed by atoms with Crippen LogP contribution in [-0.4, -0.2) is 19.9 Å². The molecule has 1 heterocycles. The van der Waals surface area contributed by atoms with E-state index in [0.717, 1.165) is 5.56 Å². The molecule has 0 bridgehead atoms. The van der Waals surface area contributed by atoms with Gasteiger partial charge in [0.25, 0.3) is 0 Å². The first-order valence-corrected chi connectivity index (χ1v) is 5.57. The van der Waals surface area contributed by atoms with Gasteiger partial charge in [0.1, 0.15) is 6.10 Å². The molecule has 0 radical (unpaired) electrons.